The van der Waals surface area contributed by atoms with Crippen LogP contribution in [-0.2, 0) is 11.3 Å². The Labute approximate surface area is 193 Å². The summed E-state index contributed by atoms with van der Waals surface area (Å²) in [4.78, 5) is 5.61. The molecule has 1 aliphatic rings. The number of hydrogen-bond donors (Lipinski definition) is 2. The SMILES string of the molecule is CN=C(NCc1ccc(C)cc1OCCCOC)NC1CCN(CC(F)(F)F)C1.I. The minimum Gasteiger partial charge on any atom is -0.493 e. The Hall–Kier alpha value is -1.27. The molecule has 1 fully saturated rings. The number of nitrogens with zero attached hydrogens (tertiary/aromatic N) is 2. The molecule has 6 nitrogen and oxygen atoms in total. The Morgan fingerprint density at radius 3 is 2.73 bits per heavy atom. The molecular formula is C20H32F3IN4O2. The second kappa shape index (κ2) is 13.2. The van der Waals surface area contributed by atoms with Crippen LogP contribution < -0.4 is 15.4 Å². The number of alkyl halides is 3. The Morgan fingerprint density at radius 1 is 1.30 bits per heavy atom. The van der Waals surface area contributed by atoms with Crippen LogP contribution in [0.5, 0.6) is 5.75 Å². The van der Waals surface area contributed by atoms with Crippen LogP contribution in [0.15, 0.2) is 23.2 Å². The smallest absolute Gasteiger partial charge is 0.401 e. The van der Waals surface area contributed by atoms with Crippen molar-refractivity contribution in [1.29, 1.82) is 0 Å². The van der Waals surface area contributed by atoms with E-state index in [9.17, 15) is 13.2 Å². The van der Waals surface area contributed by atoms with Gasteiger partial charge in [0.2, 0.25) is 0 Å². The van der Waals surface area contributed by atoms with Gasteiger partial charge in [-0.25, -0.2) is 0 Å². The summed E-state index contributed by atoms with van der Waals surface area (Å²) in [6.07, 6.45) is -2.72. The van der Waals surface area contributed by atoms with E-state index in [-0.39, 0.29) is 30.0 Å². The van der Waals surface area contributed by atoms with Gasteiger partial charge in [0.25, 0.3) is 0 Å². The van der Waals surface area contributed by atoms with Crippen LogP contribution in [-0.4, -0.2) is 70.1 Å². The number of aliphatic imine (C=N–C) groups is 1. The highest BCUT2D eigenvalue weighted by Crippen LogP contribution is 2.21. The zero-order valence-corrected chi connectivity index (χ0v) is 20.0. The maximum absolute atomic E-state index is 12.6. The molecule has 1 aromatic carbocycles. The van der Waals surface area contributed by atoms with Crippen molar-refractivity contribution in [2.24, 2.45) is 4.99 Å². The first-order valence-electron chi connectivity index (χ1n) is 9.78. The van der Waals surface area contributed by atoms with E-state index in [1.165, 1.54) is 4.90 Å². The predicted molar refractivity (Wildman–Crippen MR) is 123 cm³/mol. The Morgan fingerprint density at radius 2 is 2.07 bits per heavy atom. The summed E-state index contributed by atoms with van der Waals surface area (Å²) in [6, 6.07) is 5.95. The number of nitrogens with one attached hydrogen (secondary N) is 2. The largest absolute Gasteiger partial charge is 0.493 e. The summed E-state index contributed by atoms with van der Waals surface area (Å²) in [5.74, 6) is 1.37. The van der Waals surface area contributed by atoms with Crippen LogP contribution in [0.3, 0.4) is 0 Å². The fraction of sp³-hybridized carbons (Fsp3) is 0.650. The maximum atomic E-state index is 12.6. The summed E-state index contributed by atoms with van der Waals surface area (Å²) in [5, 5.41) is 6.45. The molecule has 1 saturated heterocycles. The molecule has 2 N–H and O–H groups in total. The lowest BCUT2D eigenvalue weighted by molar-refractivity contribution is -0.143. The summed E-state index contributed by atoms with van der Waals surface area (Å²) in [7, 11) is 3.31. The highest BCUT2D eigenvalue weighted by molar-refractivity contribution is 14.0. The molecule has 0 radical (unpaired) electrons. The van der Waals surface area contributed by atoms with Gasteiger partial charge in [0, 0.05) is 58.4 Å². The van der Waals surface area contributed by atoms with Crippen molar-refractivity contribution in [3.05, 3.63) is 29.3 Å². The van der Waals surface area contributed by atoms with E-state index in [2.05, 4.69) is 15.6 Å². The molecule has 0 bridgehead atoms. The third-order valence-corrected chi connectivity index (χ3v) is 4.66. The van der Waals surface area contributed by atoms with E-state index in [4.69, 9.17) is 9.47 Å². The van der Waals surface area contributed by atoms with Crippen molar-refractivity contribution >= 4 is 29.9 Å². The van der Waals surface area contributed by atoms with Crippen LogP contribution in [0.1, 0.15) is 24.0 Å². The number of hydrogen-bond acceptors (Lipinski definition) is 4. The zero-order valence-electron chi connectivity index (χ0n) is 17.7. The van der Waals surface area contributed by atoms with Gasteiger partial charge < -0.3 is 20.1 Å². The molecule has 1 atom stereocenters. The molecule has 30 heavy (non-hydrogen) atoms. The minimum absolute atomic E-state index is 0. The van der Waals surface area contributed by atoms with Gasteiger partial charge in [0.1, 0.15) is 5.75 Å². The molecule has 172 valence electrons. The summed E-state index contributed by atoms with van der Waals surface area (Å²) < 4.78 is 48.6. The van der Waals surface area contributed by atoms with Gasteiger partial charge in [-0.2, -0.15) is 13.2 Å². The average Bonchev–Trinajstić information content (AvgIpc) is 3.08. The van der Waals surface area contributed by atoms with E-state index in [1.807, 2.05) is 25.1 Å². The van der Waals surface area contributed by atoms with Crippen molar-refractivity contribution in [2.75, 3.05) is 47.0 Å². The van der Waals surface area contributed by atoms with Gasteiger partial charge in [0.15, 0.2) is 5.96 Å². The molecule has 0 aromatic heterocycles. The molecular weight excluding hydrogens is 512 g/mol. The molecule has 0 aliphatic carbocycles. The summed E-state index contributed by atoms with van der Waals surface area (Å²) in [6.45, 7) is 3.61. The molecule has 1 heterocycles. The van der Waals surface area contributed by atoms with E-state index >= 15 is 0 Å². The van der Waals surface area contributed by atoms with Crippen LogP contribution in [0.2, 0.25) is 0 Å². The van der Waals surface area contributed by atoms with Gasteiger partial charge in [0.05, 0.1) is 13.2 Å². The van der Waals surface area contributed by atoms with Crippen molar-refractivity contribution in [1.82, 2.24) is 15.5 Å². The molecule has 2 rings (SSSR count). The molecule has 0 amide bonds. The van der Waals surface area contributed by atoms with Crippen molar-refractivity contribution in [2.45, 2.75) is 38.5 Å². The van der Waals surface area contributed by atoms with Gasteiger partial charge in [-0.05, 0) is 25.0 Å². The van der Waals surface area contributed by atoms with E-state index in [0.717, 1.165) is 23.3 Å². The predicted octanol–water partition coefficient (Wildman–Crippen LogP) is 3.33. The standard InChI is InChI=1S/C20H31F3N4O2.HI/c1-15-5-6-16(18(11-15)29-10-4-9-28-3)12-25-19(24-2)26-17-7-8-27(13-17)14-20(21,22)23;/h5-6,11,17H,4,7-10,12-14H2,1-3H3,(H2,24,25,26);1H. The number of benzene rings is 1. The number of aryl methyl sites for hydroxylation is 1. The number of methoxy groups -OCH3 is 1. The van der Waals surface area contributed by atoms with Gasteiger partial charge in [-0.15, -0.1) is 24.0 Å². The monoisotopic (exact) mass is 544 g/mol. The first kappa shape index (κ1) is 26.8. The van der Waals surface area contributed by atoms with Gasteiger partial charge >= 0.3 is 6.18 Å². The average molecular weight is 544 g/mol. The fourth-order valence-electron chi connectivity index (χ4n) is 3.24. The second-order valence-corrected chi connectivity index (χ2v) is 7.21. The lowest BCUT2D eigenvalue weighted by Gasteiger charge is -2.20. The van der Waals surface area contributed by atoms with Crippen molar-refractivity contribution < 1.29 is 22.6 Å². The maximum Gasteiger partial charge on any atom is 0.401 e. The first-order valence-corrected chi connectivity index (χ1v) is 9.78. The van der Waals surface area contributed by atoms with E-state index < -0.39 is 12.7 Å². The zero-order chi connectivity index (χ0) is 21.3. The highest BCUT2D eigenvalue weighted by Gasteiger charge is 2.34. The summed E-state index contributed by atoms with van der Waals surface area (Å²) in [5.41, 5.74) is 2.09. The second-order valence-electron chi connectivity index (χ2n) is 7.21. The van der Waals surface area contributed by atoms with Crippen LogP contribution >= 0.6 is 24.0 Å². The number of ether oxygens (including phenoxy) is 2. The lowest BCUT2D eigenvalue weighted by atomic mass is 10.1. The minimum atomic E-state index is -4.17. The number of rotatable bonds is 9. The molecule has 1 unspecified atom stereocenters. The van der Waals surface area contributed by atoms with Crippen LogP contribution in [0.4, 0.5) is 13.2 Å². The number of likely N-dealkylation sites (tertiary alicyclic amines) is 1. The third kappa shape index (κ3) is 9.69. The van der Waals surface area contributed by atoms with E-state index in [1.54, 1.807) is 14.2 Å². The van der Waals surface area contributed by atoms with Crippen molar-refractivity contribution in [3.63, 3.8) is 0 Å². The number of guanidine groups is 1. The third-order valence-electron chi connectivity index (χ3n) is 4.66. The molecule has 1 aliphatic heterocycles. The topological polar surface area (TPSA) is 58.1 Å². The molecule has 0 saturated carbocycles. The Bertz CT molecular complexity index is 674. The molecule has 1 aromatic rings. The number of halogens is 4. The first-order chi connectivity index (χ1) is 13.8. The lowest BCUT2D eigenvalue weighted by Crippen LogP contribution is -2.44. The Balaban J connectivity index is 0.00000450. The summed E-state index contributed by atoms with van der Waals surface area (Å²) >= 11 is 0. The fourth-order valence-corrected chi connectivity index (χ4v) is 3.24. The highest BCUT2D eigenvalue weighted by atomic mass is 127. The van der Waals surface area contributed by atoms with Gasteiger partial charge in [-0.1, -0.05) is 12.1 Å². The van der Waals surface area contributed by atoms with Crippen LogP contribution in [0.25, 0.3) is 0 Å². The molecule has 0 spiro atoms. The van der Waals surface area contributed by atoms with Gasteiger partial charge in [-0.3, -0.25) is 9.89 Å². The quantitative estimate of drug-likeness (QED) is 0.216. The van der Waals surface area contributed by atoms with Crippen LogP contribution in [0, 0.1) is 6.92 Å². The molecule has 10 heteroatoms. The normalized spacial score (nSPS) is 17.5. The van der Waals surface area contributed by atoms with E-state index in [0.29, 0.717) is 45.2 Å². The Kier molecular flexibility index (Phi) is 11.8. The van der Waals surface area contributed by atoms with Crippen molar-refractivity contribution in [3.8, 4) is 5.75 Å².